The summed E-state index contributed by atoms with van der Waals surface area (Å²) >= 11 is 0. The molecular formula is C12H22F4O2. The third kappa shape index (κ3) is 7.87. The van der Waals surface area contributed by atoms with Gasteiger partial charge in [-0.3, -0.25) is 0 Å². The van der Waals surface area contributed by atoms with Gasteiger partial charge in [-0.2, -0.15) is 8.78 Å². The Bertz CT molecular complexity index is 222. The smallest absolute Gasteiger partial charge is 0.330 e. The highest BCUT2D eigenvalue weighted by Crippen LogP contribution is 2.23. The first-order valence-electron chi connectivity index (χ1n) is 6.07. The van der Waals surface area contributed by atoms with E-state index in [0.717, 1.165) is 6.42 Å². The van der Waals surface area contributed by atoms with E-state index in [1.165, 1.54) is 0 Å². The van der Waals surface area contributed by atoms with Crippen LogP contribution in [-0.2, 0) is 4.74 Å². The van der Waals surface area contributed by atoms with Gasteiger partial charge in [0.1, 0.15) is 6.61 Å². The maximum Gasteiger partial charge on any atom is 0.330 e. The molecule has 0 aliphatic heterocycles. The van der Waals surface area contributed by atoms with Crippen LogP contribution in [0.15, 0.2) is 0 Å². The van der Waals surface area contributed by atoms with Crippen LogP contribution in [0.4, 0.5) is 17.6 Å². The zero-order valence-electron chi connectivity index (χ0n) is 11.0. The molecule has 2 unspecified atom stereocenters. The Hall–Kier alpha value is -0.360. The van der Waals surface area contributed by atoms with Gasteiger partial charge in [-0.05, 0) is 24.7 Å². The molecular weight excluding hydrogens is 252 g/mol. The van der Waals surface area contributed by atoms with Crippen LogP contribution in [0.25, 0.3) is 0 Å². The highest BCUT2D eigenvalue weighted by Gasteiger charge is 2.41. The van der Waals surface area contributed by atoms with E-state index in [0.29, 0.717) is 12.3 Å². The number of hydrogen-bond donors (Lipinski definition) is 1. The molecule has 0 aliphatic rings. The van der Waals surface area contributed by atoms with E-state index < -0.39 is 25.1 Å². The Kier molecular flexibility index (Phi) is 7.78. The Morgan fingerprint density at radius 3 is 2.11 bits per heavy atom. The molecule has 1 N–H and O–H groups in total. The summed E-state index contributed by atoms with van der Waals surface area (Å²) in [5, 5.41) is 9.51. The van der Waals surface area contributed by atoms with Crippen LogP contribution in [0.1, 0.15) is 33.6 Å². The highest BCUT2D eigenvalue weighted by molar-refractivity contribution is 4.69. The predicted octanol–water partition coefficient (Wildman–Crippen LogP) is 3.34. The lowest BCUT2D eigenvalue weighted by Gasteiger charge is -2.20. The summed E-state index contributed by atoms with van der Waals surface area (Å²) in [5.41, 5.74) is 0. The number of ether oxygens (including phenoxy) is 1. The van der Waals surface area contributed by atoms with Gasteiger partial charge in [-0.1, -0.05) is 20.8 Å². The van der Waals surface area contributed by atoms with Gasteiger partial charge in [0.2, 0.25) is 0 Å². The average Bonchev–Trinajstić information content (AvgIpc) is 2.14. The van der Waals surface area contributed by atoms with Gasteiger partial charge < -0.3 is 9.84 Å². The molecule has 0 amide bonds. The van der Waals surface area contributed by atoms with Crippen LogP contribution in [0, 0.1) is 11.8 Å². The molecule has 0 aromatic rings. The van der Waals surface area contributed by atoms with Gasteiger partial charge in [-0.15, -0.1) is 0 Å². The molecule has 0 aromatic carbocycles. The third-order valence-corrected chi connectivity index (χ3v) is 2.47. The lowest BCUT2D eigenvalue weighted by molar-refractivity contribution is -0.171. The number of rotatable bonds is 9. The number of hydrogen-bond acceptors (Lipinski definition) is 2. The highest BCUT2D eigenvalue weighted by atomic mass is 19.3. The SMILES string of the molecule is CC(C)CC(C)CC(O)COCC(F)(F)C(F)F. The molecule has 18 heavy (non-hydrogen) atoms. The fourth-order valence-electron chi connectivity index (χ4n) is 1.83. The summed E-state index contributed by atoms with van der Waals surface area (Å²) in [6.45, 7) is 4.33. The van der Waals surface area contributed by atoms with Crippen molar-refractivity contribution in [3.8, 4) is 0 Å². The fourth-order valence-corrected chi connectivity index (χ4v) is 1.83. The number of halogens is 4. The number of alkyl halides is 4. The van der Waals surface area contributed by atoms with Crippen LogP contribution in [0.2, 0.25) is 0 Å². The van der Waals surface area contributed by atoms with Crippen molar-refractivity contribution in [2.75, 3.05) is 13.2 Å². The summed E-state index contributed by atoms with van der Waals surface area (Å²) in [6.07, 6.45) is -3.32. The van der Waals surface area contributed by atoms with Gasteiger partial charge in [0.05, 0.1) is 12.7 Å². The van der Waals surface area contributed by atoms with Gasteiger partial charge in [0, 0.05) is 0 Å². The van der Waals surface area contributed by atoms with E-state index in [2.05, 4.69) is 4.74 Å². The summed E-state index contributed by atoms with van der Waals surface area (Å²) < 4.78 is 53.0. The Labute approximate surface area is 105 Å². The molecule has 110 valence electrons. The minimum absolute atomic E-state index is 0.235. The van der Waals surface area contributed by atoms with Crippen molar-refractivity contribution in [1.82, 2.24) is 0 Å². The standard InChI is InChI=1S/C12H22F4O2/c1-8(2)4-9(3)5-10(17)6-18-7-12(15,16)11(13)14/h8-11,17H,4-7H2,1-3H3. The second kappa shape index (κ2) is 7.94. The first kappa shape index (κ1) is 17.6. The van der Waals surface area contributed by atoms with Crippen molar-refractivity contribution in [2.45, 2.75) is 52.1 Å². The quantitative estimate of drug-likeness (QED) is 0.653. The molecule has 0 saturated heterocycles. The van der Waals surface area contributed by atoms with Crippen LogP contribution in [0.3, 0.4) is 0 Å². The van der Waals surface area contributed by atoms with Crippen LogP contribution in [0.5, 0.6) is 0 Å². The van der Waals surface area contributed by atoms with Crippen molar-refractivity contribution < 1.29 is 27.4 Å². The maximum atomic E-state index is 12.5. The molecule has 0 aromatic heterocycles. The molecule has 0 bridgehead atoms. The zero-order valence-corrected chi connectivity index (χ0v) is 11.0. The lowest BCUT2D eigenvalue weighted by Crippen LogP contribution is -2.34. The lowest BCUT2D eigenvalue weighted by atomic mass is 9.94. The molecule has 0 aliphatic carbocycles. The predicted molar refractivity (Wildman–Crippen MR) is 61.0 cm³/mol. The molecule has 0 saturated carbocycles. The molecule has 0 fully saturated rings. The van der Waals surface area contributed by atoms with E-state index in [1.807, 2.05) is 20.8 Å². The van der Waals surface area contributed by atoms with Crippen LogP contribution < -0.4 is 0 Å². The van der Waals surface area contributed by atoms with E-state index in [-0.39, 0.29) is 12.5 Å². The normalized spacial score (nSPS) is 16.3. The van der Waals surface area contributed by atoms with Crippen LogP contribution in [-0.4, -0.2) is 36.8 Å². The minimum atomic E-state index is -4.15. The summed E-state index contributed by atoms with van der Waals surface area (Å²) in [5.74, 6) is -3.43. The van der Waals surface area contributed by atoms with E-state index in [1.54, 1.807) is 0 Å². The van der Waals surface area contributed by atoms with Crippen LogP contribution >= 0.6 is 0 Å². The minimum Gasteiger partial charge on any atom is -0.391 e. The first-order valence-corrected chi connectivity index (χ1v) is 6.07. The molecule has 0 heterocycles. The van der Waals surface area contributed by atoms with Gasteiger partial charge in [-0.25, -0.2) is 8.78 Å². The summed E-state index contributed by atoms with van der Waals surface area (Å²) in [4.78, 5) is 0. The average molecular weight is 274 g/mol. The van der Waals surface area contributed by atoms with Crippen molar-refractivity contribution in [2.24, 2.45) is 11.8 Å². The van der Waals surface area contributed by atoms with Gasteiger partial charge in [0.15, 0.2) is 0 Å². The second-order valence-electron chi connectivity index (χ2n) is 5.20. The monoisotopic (exact) mass is 274 g/mol. The summed E-state index contributed by atoms with van der Waals surface area (Å²) in [6, 6.07) is 0. The maximum absolute atomic E-state index is 12.5. The van der Waals surface area contributed by atoms with E-state index >= 15 is 0 Å². The Morgan fingerprint density at radius 2 is 1.67 bits per heavy atom. The number of aliphatic hydroxyl groups is 1. The molecule has 0 radical (unpaired) electrons. The largest absolute Gasteiger partial charge is 0.391 e. The second-order valence-corrected chi connectivity index (χ2v) is 5.20. The summed E-state index contributed by atoms with van der Waals surface area (Å²) in [7, 11) is 0. The molecule has 0 rings (SSSR count). The molecule has 6 heteroatoms. The van der Waals surface area contributed by atoms with Gasteiger partial charge >= 0.3 is 12.3 Å². The van der Waals surface area contributed by atoms with Crippen molar-refractivity contribution >= 4 is 0 Å². The molecule has 0 spiro atoms. The Morgan fingerprint density at radius 1 is 1.11 bits per heavy atom. The van der Waals surface area contributed by atoms with E-state index in [9.17, 15) is 22.7 Å². The van der Waals surface area contributed by atoms with E-state index in [4.69, 9.17) is 0 Å². The van der Waals surface area contributed by atoms with Gasteiger partial charge in [0.25, 0.3) is 0 Å². The topological polar surface area (TPSA) is 29.5 Å². The third-order valence-electron chi connectivity index (χ3n) is 2.47. The Balaban J connectivity index is 3.80. The first-order chi connectivity index (χ1) is 8.15. The van der Waals surface area contributed by atoms with Crippen molar-refractivity contribution in [3.05, 3.63) is 0 Å². The molecule has 2 atom stereocenters. The number of aliphatic hydroxyl groups excluding tert-OH is 1. The zero-order chi connectivity index (χ0) is 14.3. The van der Waals surface area contributed by atoms with Crippen molar-refractivity contribution in [1.29, 1.82) is 0 Å². The fraction of sp³-hybridized carbons (Fsp3) is 1.00. The molecule has 2 nitrogen and oxygen atoms in total. The van der Waals surface area contributed by atoms with Crippen molar-refractivity contribution in [3.63, 3.8) is 0 Å².